The van der Waals surface area contributed by atoms with Crippen molar-refractivity contribution in [3.63, 3.8) is 0 Å². The number of rotatable bonds is 5. The van der Waals surface area contributed by atoms with Crippen LogP contribution in [-0.4, -0.2) is 6.04 Å². The van der Waals surface area contributed by atoms with Crippen molar-refractivity contribution >= 4 is 0 Å². The molecule has 0 saturated heterocycles. The summed E-state index contributed by atoms with van der Waals surface area (Å²) in [5.41, 5.74) is 7.64. The molecule has 2 N–H and O–H groups in total. The Labute approximate surface area is 176 Å². The normalized spacial score (nSPS) is 49.4. The third kappa shape index (κ3) is 3.50. The molecule has 0 aromatic rings. The van der Waals surface area contributed by atoms with Crippen molar-refractivity contribution in [2.45, 2.75) is 118 Å². The smallest absolute Gasteiger partial charge is 0.00418 e. The highest BCUT2D eigenvalue weighted by Gasteiger charge is 2.60. The van der Waals surface area contributed by atoms with Gasteiger partial charge in [-0.2, -0.15) is 0 Å². The zero-order chi connectivity index (χ0) is 20.1. The molecule has 0 amide bonds. The molecule has 0 heterocycles. The number of hydrogen-bond acceptors (Lipinski definition) is 1. The van der Waals surface area contributed by atoms with E-state index in [1.54, 1.807) is 0 Å². The van der Waals surface area contributed by atoms with Crippen molar-refractivity contribution in [1.82, 2.24) is 0 Å². The van der Waals surface area contributed by atoms with E-state index in [0.717, 1.165) is 41.4 Å². The van der Waals surface area contributed by atoms with Gasteiger partial charge in [-0.25, -0.2) is 0 Å². The Hall–Kier alpha value is -0.0400. The molecule has 9 atom stereocenters. The standard InChI is InChI=1S/C27H49N/c1-18(2)7-6-8-19(3)23-11-12-24-22-10-9-20-17-21(28)13-15-26(20,4)25(22)14-16-27(23,24)5/h18-25H,6-17,28H2,1-5H3/t19-,20-,21+,22-,23+,24-,25-,26-,27+/m0/s1. The first-order valence-corrected chi connectivity index (χ1v) is 13.0. The molecule has 162 valence electrons. The molecule has 0 bridgehead atoms. The summed E-state index contributed by atoms with van der Waals surface area (Å²) in [4.78, 5) is 0. The van der Waals surface area contributed by atoms with E-state index in [1.165, 1.54) is 77.0 Å². The molecular weight excluding hydrogens is 338 g/mol. The van der Waals surface area contributed by atoms with Crippen LogP contribution in [0, 0.1) is 52.3 Å². The predicted octanol–water partition coefficient (Wildman–Crippen LogP) is 7.44. The zero-order valence-corrected chi connectivity index (χ0v) is 19.7. The molecular formula is C27H49N. The molecule has 4 saturated carbocycles. The fourth-order valence-electron chi connectivity index (χ4n) is 9.32. The molecule has 4 rings (SSSR count). The van der Waals surface area contributed by atoms with Gasteiger partial charge in [0.05, 0.1) is 0 Å². The summed E-state index contributed by atoms with van der Waals surface area (Å²) in [6, 6.07) is 0.492. The average Bonchev–Trinajstić information content (AvgIpc) is 2.99. The molecule has 0 radical (unpaired) electrons. The van der Waals surface area contributed by atoms with Gasteiger partial charge in [0, 0.05) is 6.04 Å². The Morgan fingerprint density at radius 3 is 2.29 bits per heavy atom. The minimum Gasteiger partial charge on any atom is -0.328 e. The number of fused-ring (bicyclic) bond motifs is 5. The van der Waals surface area contributed by atoms with Crippen molar-refractivity contribution in [1.29, 1.82) is 0 Å². The van der Waals surface area contributed by atoms with Gasteiger partial charge in [0.1, 0.15) is 0 Å². The van der Waals surface area contributed by atoms with Crippen LogP contribution < -0.4 is 5.73 Å². The summed E-state index contributed by atoms with van der Waals surface area (Å²) < 4.78 is 0. The Morgan fingerprint density at radius 1 is 0.821 bits per heavy atom. The van der Waals surface area contributed by atoms with Crippen molar-refractivity contribution < 1.29 is 0 Å². The minimum absolute atomic E-state index is 0.492. The number of hydrogen-bond donors (Lipinski definition) is 1. The molecule has 4 aliphatic carbocycles. The third-order valence-electron chi connectivity index (χ3n) is 10.9. The van der Waals surface area contributed by atoms with Crippen LogP contribution in [0.15, 0.2) is 0 Å². The van der Waals surface area contributed by atoms with Gasteiger partial charge in [-0.3, -0.25) is 0 Å². The van der Waals surface area contributed by atoms with Crippen LogP contribution in [0.2, 0.25) is 0 Å². The second-order valence-electron chi connectivity index (χ2n) is 12.7. The fourth-order valence-corrected chi connectivity index (χ4v) is 9.32. The Bertz CT molecular complexity index is 540. The minimum atomic E-state index is 0.492. The summed E-state index contributed by atoms with van der Waals surface area (Å²) in [5, 5.41) is 0. The lowest BCUT2D eigenvalue weighted by molar-refractivity contribution is -0.116. The highest BCUT2D eigenvalue weighted by molar-refractivity contribution is 5.09. The van der Waals surface area contributed by atoms with E-state index in [9.17, 15) is 0 Å². The van der Waals surface area contributed by atoms with E-state index >= 15 is 0 Å². The summed E-state index contributed by atoms with van der Waals surface area (Å²) in [7, 11) is 0. The maximum atomic E-state index is 6.39. The van der Waals surface area contributed by atoms with Gasteiger partial charge in [-0.1, -0.05) is 53.9 Å². The van der Waals surface area contributed by atoms with E-state index < -0.39 is 0 Å². The van der Waals surface area contributed by atoms with Crippen LogP contribution in [-0.2, 0) is 0 Å². The Kier molecular flexibility index (Phi) is 5.98. The summed E-state index contributed by atoms with van der Waals surface area (Å²) in [5.74, 6) is 6.79. The van der Waals surface area contributed by atoms with Crippen molar-refractivity contribution in [3.8, 4) is 0 Å². The van der Waals surface area contributed by atoms with Gasteiger partial charge < -0.3 is 5.73 Å². The van der Waals surface area contributed by atoms with E-state index in [0.29, 0.717) is 16.9 Å². The van der Waals surface area contributed by atoms with Gasteiger partial charge in [-0.15, -0.1) is 0 Å². The first-order valence-electron chi connectivity index (χ1n) is 13.0. The highest BCUT2D eigenvalue weighted by atomic mass is 14.7. The van der Waals surface area contributed by atoms with Crippen LogP contribution >= 0.6 is 0 Å². The first-order chi connectivity index (χ1) is 13.3. The molecule has 0 aromatic heterocycles. The molecule has 0 spiro atoms. The second-order valence-corrected chi connectivity index (χ2v) is 12.7. The topological polar surface area (TPSA) is 26.0 Å². The van der Waals surface area contributed by atoms with Crippen molar-refractivity contribution in [3.05, 3.63) is 0 Å². The predicted molar refractivity (Wildman–Crippen MR) is 121 cm³/mol. The van der Waals surface area contributed by atoms with Gasteiger partial charge in [0.15, 0.2) is 0 Å². The third-order valence-corrected chi connectivity index (χ3v) is 10.9. The van der Waals surface area contributed by atoms with Crippen LogP contribution in [0.4, 0.5) is 0 Å². The van der Waals surface area contributed by atoms with Crippen molar-refractivity contribution in [2.24, 2.45) is 58.0 Å². The molecule has 4 fully saturated rings. The van der Waals surface area contributed by atoms with E-state index in [4.69, 9.17) is 5.73 Å². The zero-order valence-electron chi connectivity index (χ0n) is 19.7. The average molecular weight is 388 g/mol. The van der Waals surface area contributed by atoms with Crippen LogP contribution in [0.25, 0.3) is 0 Å². The van der Waals surface area contributed by atoms with Crippen LogP contribution in [0.3, 0.4) is 0 Å². The molecule has 28 heavy (non-hydrogen) atoms. The lowest BCUT2D eigenvalue weighted by Crippen LogP contribution is -2.54. The van der Waals surface area contributed by atoms with E-state index in [-0.39, 0.29) is 0 Å². The molecule has 0 unspecified atom stereocenters. The van der Waals surface area contributed by atoms with Crippen molar-refractivity contribution in [2.75, 3.05) is 0 Å². The monoisotopic (exact) mass is 387 g/mol. The SMILES string of the molecule is CC(C)CCC[C@H](C)[C@H]1CC[C@H]2[C@@H]3CC[C@H]4C[C@H](N)CC[C@]4(C)[C@H]3CC[C@]12C. The first kappa shape index (κ1) is 21.2. The van der Waals surface area contributed by atoms with Gasteiger partial charge in [0.25, 0.3) is 0 Å². The lowest BCUT2D eigenvalue weighted by atomic mass is 9.44. The molecule has 0 aliphatic heterocycles. The summed E-state index contributed by atoms with van der Waals surface area (Å²) >= 11 is 0. The molecule has 1 nitrogen and oxygen atoms in total. The second kappa shape index (κ2) is 7.90. The Balaban J connectivity index is 1.46. The summed E-state index contributed by atoms with van der Waals surface area (Å²) in [6.07, 6.45) is 17.5. The molecule has 1 heteroatoms. The highest BCUT2D eigenvalue weighted by Crippen LogP contribution is 2.68. The molecule has 4 aliphatic rings. The molecule has 0 aromatic carbocycles. The summed E-state index contributed by atoms with van der Waals surface area (Å²) in [6.45, 7) is 12.8. The number of nitrogens with two attached hydrogens (primary N) is 1. The largest absolute Gasteiger partial charge is 0.328 e. The lowest BCUT2D eigenvalue weighted by Gasteiger charge is -2.61. The fraction of sp³-hybridized carbons (Fsp3) is 1.00. The maximum Gasteiger partial charge on any atom is 0.00418 e. The van der Waals surface area contributed by atoms with Crippen LogP contribution in [0.1, 0.15) is 112 Å². The maximum absolute atomic E-state index is 6.39. The quantitative estimate of drug-likeness (QED) is 0.521. The van der Waals surface area contributed by atoms with Gasteiger partial charge in [-0.05, 0) is 110 Å². The Morgan fingerprint density at radius 2 is 1.54 bits per heavy atom. The van der Waals surface area contributed by atoms with Crippen LogP contribution in [0.5, 0.6) is 0 Å². The van der Waals surface area contributed by atoms with Gasteiger partial charge in [0.2, 0.25) is 0 Å². The van der Waals surface area contributed by atoms with Gasteiger partial charge >= 0.3 is 0 Å². The van der Waals surface area contributed by atoms with E-state index in [1.807, 2.05) is 0 Å². The van der Waals surface area contributed by atoms with E-state index in [2.05, 4.69) is 34.6 Å².